The van der Waals surface area contributed by atoms with Crippen LogP contribution in [0.15, 0.2) is 81.2 Å². The maximum atomic E-state index is 13.2. The van der Waals surface area contributed by atoms with Gasteiger partial charge in [0.15, 0.2) is 0 Å². The molecular formula is C16H14BNO6S3. The van der Waals surface area contributed by atoms with Gasteiger partial charge in [-0.15, -0.1) is 11.3 Å². The van der Waals surface area contributed by atoms with Crippen molar-refractivity contribution in [2.45, 2.75) is 9.10 Å². The minimum absolute atomic E-state index is 0.0397. The van der Waals surface area contributed by atoms with Crippen LogP contribution in [0.3, 0.4) is 0 Å². The third-order valence-corrected chi connectivity index (χ3v) is 9.17. The molecule has 2 N–H and O–H groups in total. The molecule has 3 aromatic rings. The first-order valence-electron chi connectivity index (χ1n) is 7.60. The molecule has 0 spiro atoms. The van der Waals surface area contributed by atoms with Crippen LogP contribution in [0, 0.1) is 0 Å². The molecule has 140 valence electrons. The molecule has 0 bridgehead atoms. The first kappa shape index (κ1) is 19.6. The Kier molecular flexibility index (Phi) is 5.40. The van der Waals surface area contributed by atoms with Crippen LogP contribution in [0.1, 0.15) is 0 Å². The van der Waals surface area contributed by atoms with Gasteiger partial charge in [0.25, 0.3) is 20.0 Å². The summed E-state index contributed by atoms with van der Waals surface area (Å²) >= 11 is 0.882. The van der Waals surface area contributed by atoms with Crippen LogP contribution >= 0.6 is 11.3 Å². The normalized spacial score (nSPS) is 11.9. The van der Waals surface area contributed by atoms with Gasteiger partial charge in [0.1, 0.15) is 4.21 Å². The van der Waals surface area contributed by atoms with Crippen LogP contribution in [0.5, 0.6) is 0 Å². The van der Waals surface area contributed by atoms with E-state index >= 15 is 0 Å². The number of sulfonamides is 2. The van der Waals surface area contributed by atoms with Crippen molar-refractivity contribution in [1.82, 2.24) is 0 Å². The zero-order valence-electron chi connectivity index (χ0n) is 13.7. The summed E-state index contributed by atoms with van der Waals surface area (Å²) < 4.78 is 52.8. The highest BCUT2D eigenvalue weighted by Crippen LogP contribution is 2.31. The standard InChI is InChI=1S/C16H14BNO6S3/c19-17(20)13-6-4-7-14(12-13)18(27(23,24)16-10-5-11-25-16)26(21,22)15-8-2-1-3-9-15/h1-12,19-20H. The summed E-state index contributed by atoms with van der Waals surface area (Å²) in [7, 11) is -10.8. The highest BCUT2D eigenvalue weighted by atomic mass is 32.3. The van der Waals surface area contributed by atoms with Crippen LogP contribution in [0.2, 0.25) is 0 Å². The Bertz CT molecular complexity index is 1130. The lowest BCUT2D eigenvalue weighted by Gasteiger charge is -2.24. The van der Waals surface area contributed by atoms with Gasteiger partial charge in [-0.25, -0.2) is 8.42 Å². The Morgan fingerprint density at radius 1 is 0.815 bits per heavy atom. The Balaban J connectivity index is 2.27. The molecule has 0 aliphatic rings. The van der Waals surface area contributed by atoms with Crippen LogP contribution in [-0.4, -0.2) is 34.0 Å². The highest BCUT2D eigenvalue weighted by molar-refractivity contribution is 8.11. The summed E-state index contributed by atoms with van der Waals surface area (Å²) in [6, 6.07) is 15.0. The van der Waals surface area contributed by atoms with Gasteiger partial charge in [-0.3, -0.25) is 0 Å². The topological polar surface area (TPSA) is 112 Å². The fraction of sp³-hybridized carbons (Fsp3) is 0. The van der Waals surface area contributed by atoms with Crippen molar-refractivity contribution >= 4 is 49.7 Å². The van der Waals surface area contributed by atoms with Gasteiger partial charge in [-0.2, -0.15) is 12.1 Å². The maximum Gasteiger partial charge on any atom is 0.488 e. The van der Waals surface area contributed by atoms with Crippen LogP contribution in [-0.2, 0) is 20.0 Å². The molecule has 0 saturated heterocycles. The highest BCUT2D eigenvalue weighted by Gasteiger charge is 2.37. The monoisotopic (exact) mass is 423 g/mol. The largest absolute Gasteiger partial charge is 0.488 e. The average molecular weight is 423 g/mol. The SMILES string of the molecule is O=S(=O)(c1ccccc1)N(c1cccc(B(O)O)c1)S(=O)(=O)c1cccs1. The smallest absolute Gasteiger partial charge is 0.423 e. The van der Waals surface area contributed by atoms with E-state index < -0.39 is 27.2 Å². The van der Waals surface area contributed by atoms with Crippen molar-refractivity contribution in [3.63, 3.8) is 0 Å². The van der Waals surface area contributed by atoms with Gasteiger partial charge in [-0.05, 0) is 41.2 Å². The lowest BCUT2D eigenvalue weighted by molar-refractivity contribution is 0.425. The van der Waals surface area contributed by atoms with Crippen LogP contribution in [0.4, 0.5) is 5.69 Å². The molecule has 0 unspecified atom stereocenters. The van der Waals surface area contributed by atoms with Gasteiger partial charge in [0.05, 0.1) is 10.6 Å². The molecule has 3 rings (SSSR count). The van der Waals surface area contributed by atoms with Crippen molar-refractivity contribution in [3.05, 3.63) is 72.1 Å². The van der Waals surface area contributed by atoms with E-state index in [0.29, 0.717) is 3.71 Å². The lowest BCUT2D eigenvalue weighted by atomic mass is 9.80. The molecule has 0 aliphatic carbocycles. The Morgan fingerprint density at radius 2 is 1.52 bits per heavy atom. The number of hydrogen-bond donors (Lipinski definition) is 2. The second-order valence-electron chi connectivity index (χ2n) is 5.42. The van der Waals surface area contributed by atoms with E-state index in [4.69, 9.17) is 0 Å². The first-order valence-corrected chi connectivity index (χ1v) is 11.4. The molecule has 0 amide bonds. The fourth-order valence-corrected chi connectivity index (χ4v) is 7.27. The van der Waals surface area contributed by atoms with Crippen molar-refractivity contribution in [2.24, 2.45) is 0 Å². The summed E-state index contributed by atoms with van der Waals surface area (Å²) in [6.07, 6.45) is 0. The predicted octanol–water partition coefficient (Wildman–Crippen LogP) is 1.01. The minimum Gasteiger partial charge on any atom is -0.423 e. The molecule has 1 aromatic heterocycles. The zero-order chi connectivity index (χ0) is 19.7. The van der Waals surface area contributed by atoms with Crippen molar-refractivity contribution in [3.8, 4) is 0 Å². The number of hydrogen-bond acceptors (Lipinski definition) is 7. The molecule has 0 atom stereocenters. The molecule has 1 heterocycles. The van der Waals surface area contributed by atoms with Crippen molar-refractivity contribution in [1.29, 1.82) is 0 Å². The van der Waals surface area contributed by atoms with Gasteiger partial charge in [0.2, 0.25) is 0 Å². The van der Waals surface area contributed by atoms with Crippen LogP contribution in [0.25, 0.3) is 0 Å². The van der Waals surface area contributed by atoms with Crippen LogP contribution < -0.4 is 9.17 Å². The summed E-state index contributed by atoms with van der Waals surface area (Å²) in [5.74, 6) is 0. The molecule has 0 aliphatic heterocycles. The third kappa shape index (κ3) is 3.78. The number of thiophene rings is 1. The minimum atomic E-state index is -4.49. The number of nitrogens with zero attached hydrogens (tertiary/aromatic N) is 1. The van der Waals surface area contributed by atoms with E-state index in [1.54, 1.807) is 6.07 Å². The zero-order valence-corrected chi connectivity index (χ0v) is 16.2. The molecule has 27 heavy (non-hydrogen) atoms. The summed E-state index contributed by atoms with van der Waals surface area (Å²) in [6.45, 7) is 0. The van der Waals surface area contributed by atoms with Gasteiger partial charge < -0.3 is 10.0 Å². The van der Waals surface area contributed by atoms with E-state index in [2.05, 4.69) is 0 Å². The summed E-state index contributed by atoms with van der Waals surface area (Å²) in [5.41, 5.74) is -0.264. The average Bonchev–Trinajstić information content (AvgIpc) is 3.18. The van der Waals surface area contributed by atoms with Crippen molar-refractivity contribution < 1.29 is 26.9 Å². The molecule has 0 saturated carbocycles. The summed E-state index contributed by atoms with van der Waals surface area (Å²) in [5, 5.41) is 20.3. The van der Waals surface area contributed by atoms with Gasteiger partial charge >= 0.3 is 7.12 Å². The molecule has 0 radical (unpaired) electrons. The molecule has 11 heteroatoms. The van der Waals surface area contributed by atoms with E-state index in [1.165, 1.54) is 60.0 Å². The Morgan fingerprint density at radius 3 is 2.11 bits per heavy atom. The van der Waals surface area contributed by atoms with E-state index in [0.717, 1.165) is 17.4 Å². The molecule has 7 nitrogen and oxygen atoms in total. The molecule has 0 fully saturated rings. The lowest BCUT2D eigenvalue weighted by Crippen LogP contribution is -2.38. The molecular weight excluding hydrogens is 409 g/mol. The number of rotatable bonds is 6. The molecule has 2 aromatic carbocycles. The Labute approximate surface area is 161 Å². The first-order chi connectivity index (χ1) is 12.7. The van der Waals surface area contributed by atoms with Gasteiger partial charge in [0, 0.05) is 0 Å². The number of benzene rings is 2. The third-order valence-electron chi connectivity index (χ3n) is 3.61. The maximum absolute atomic E-state index is 13.2. The quantitative estimate of drug-likeness (QED) is 0.573. The predicted molar refractivity (Wildman–Crippen MR) is 104 cm³/mol. The fourth-order valence-electron chi connectivity index (χ4n) is 2.39. The van der Waals surface area contributed by atoms with Crippen molar-refractivity contribution in [2.75, 3.05) is 3.71 Å². The van der Waals surface area contributed by atoms with E-state index in [9.17, 15) is 26.9 Å². The second kappa shape index (κ2) is 7.45. The number of anilines is 1. The van der Waals surface area contributed by atoms with Gasteiger partial charge in [-0.1, -0.05) is 36.4 Å². The Hall–Kier alpha value is -2.18. The van der Waals surface area contributed by atoms with E-state index in [-0.39, 0.29) is 20.3 Å². The van der Waals surface area contributed by atoms with E-state index in [1.807, 2.05) is 0 Å². The summed E-state index contributed by atoms with van der Waals surface area (Å²) in [4.78, 5) is -0.208. The second-order valence-corrected chi connectivity index (χ2v) is 10.4.